The van der Waals surface area contributed by atoms with Gasteiger partial charge in [0, 0.05) is 40.8 Å². The van der Waals surface area contributed by atoms with Crippen LogP contribution in [0.4, 0.5) is 0 Å². The van der Waals surface area contributed by atoms with Crippen molar-refractivity contribution >= 4 is 45.2 Å². The average molecular weight is 694 g/mol. The summed E-state index contributed by atoms with van der Waals surface area (Å²) in [6.07, 6.45) is 3.18. The third-order valence-electron chi connectivity index (χ3n) is 9.53. The Labute approximate surface area is 299 Å². The fraction of sp³-hybridized carbons (Fsp3) is 0.190. The number of aryl methyl sites for hydroxylation is 2. The van der Waals surface area contributed by atoms with Crippen molar-refractivity contribution in [3.63, 3.8) is 0 Å². The van der Waals surface area contributed by atoms with Gasteiger partial charge in [0.1, 0.15) is 24.0 Å². The molecule has 3 aromatic heterocycles. The number of carboxylic acid groups (broad SMARTS) is 1. The lowest BCUT2D eigenvalue weighted by Crippen LogP contribution is -2.29. The van der Waals surface area contributed by atoms with Crippen LogP contribution >= 0.6 is 11.3 Å². The lowest BCUT2D eigenvalue weighted by molar-refractivity contribution is -0.0268. The van der Waals surface area contributed by atoms with Crippen molar-refractivity contribution in [1.82, 2.24) is 14.5 Å². The van der Waals surface area contributed by atoms with Crippen molar-refractivity contribution in [3.05, 3.63) is 154 Å². The number of rotatable bonds is 9. The first kappa shape index (κ1) is 32.6. The van der Waals surface area contributed by atoms with Crippen molar-refractivity contribution in [2.24, 2.45) is 0 Å². The van der Waals surface area contributed by atoms with Crippen molar-refractivity contribution < 1.29 is 24.2 Å². The summed E-state index contributed by atoms with van der Waals surface area (Å²) >= 11 is 1.74. The fourth-order valence-corrected chi connectivity index (χ4v) is 7.97. The molecule has 0 bridgehead atoms. The van der Waals surface area contributed by atoms with E-state index in [1.54, 1.807) is 48.1 Å². The SMILES string of the molecule is Cc1ccc(C(=O)OC2CC(n3cnc4c(-c5ccc(Cc6ccc7ccccc7c6)s5)ccnc43)O[C@@H]2Cc2cc(C)ccc2C(=O)O)cc1. The van der Waals surface area contributed by atoms with Crippen LogP contribution in [0.5, 0.6) is 0 Å². The molecule has 8 rings (SSSR count). The van der Waals surface area contributed by atoms with Gasteiger partial charge in [-0.2, -0.15) is 0 Å². The Morgan fingerprint density at radius 3 is 2.53 bits per heavy atom. The van der Waals surface area contributed by atoms with Gasteiger partial charge in [-0.25, -0.2) is 19.6 Å². The lowest BCUT2D eigenvalue weighted by atomic mass is 9.97. The number of ether oxygens (including phenoxy) is 2. The molecule has 7 aromatic rings. The van der Waals surface area contributed by atoms with Gasteiger partial charge in [-0.15, -0.1) is 11.3 Å². The second-order valence-electron chi connectivity index (χ2n) is 13.2. The van der Waals surface area contributed by atoms with E-state index in [2.05, 4.69) is 54.6 Å². The average Bonchev–Trinajstić information content (AvgIpc) is 3.87. The van der Waals surface area contributed by atoms with Gasteiger partial charge >= 0.3 is 11.9 Å². The van der Waals surface area contributed by atoms with Crippen LogP contribution in [-0.2, 0) is 22.3 Å². The Hall–Kier alpha value is -5.64. The second-order valence-corrected chi connectivity index (χ2v) is 14.3. The standard InChI is InChI=1S/C42H35N3O5S/c1-25-7-11-29(12-8-25)42(48)50-36-23-38(49-35(36)22-31-19-26(2)9-15-33(31)41(46)47)45-24-44-39-34(17-18-43-40(39)45)37-16-14-32(51-37)21-27-10-13-28-5-3-4-6-30(28)20-27/h3-20,24,35-36,38H,21-23H2,1-2H3,(H,46,47)/t35-,36?,38?/m1/s1. The molecule has 0 amide bonds. The van der Waals surface area contributed by atoms with E-state index < -0.39 is 30.4 Å². The normalized spacial score (nSPS) is 17.3. The van der Waals surface area contributed by atoms with E-state index in [9.17, 15) is 14.7 Å². The molecule has 4 heterocycles. The molecule has 254 valence electrons. The first-order chi connectivity index (χ1) is 24.8. The van der Waals surface area contributed by atoms with Crippen LogP contribution in [0.25, 0.3) is 32.4 Å². The molecule has 1 fully saturated rings. The predicted molar refractivity (Wildman–Crippen MR) is 198 cm³/mol. The molecule has 0 radical (unpaired) electrons. The van der Waals surface area contributed by atoms with E-state index in [1.807, 2.05) is 42.7 Å². The topological polar surface area (TPSA) is 104 Å². The van der Waals surface area contributed by atoms with E-state index >= 15 is 0 Å². The minimum Gasteiger partial charge on any atom is -0.478 e. The number of aromatic carboxylic acids is 1. The summed E-state index contributed by atoms with van der Waals surface area (Å²) in [6, 6.07) is 33.8. The van der Waals surface area contributed by atoms with Gasteiger partial charge in [0.15, 0.2) is 5.65 Å². The van der Waals surface area contributed by atoms with E-state index in [-0.39, 0.29) is 12.0 Å². The molecule has 3 atom stereocenters. The van der Waals surface area contributed by atoms with Gasteiger partial charge in [-0.1, -0.05) is 77.9 Å². The van der Waals surface area contributed by atoms with Crippen LogP contribution in [0.2, 0.25) is 0 Å². The summed E-state index contributed by atoms with van der Waals surface area (Å²) in [4.78, 5) is 37.3. The Morgan fingerprint density at radius 1 is 0.902 bits per heavy atom. The highest BCUT2D eigenvalue weighted by Gasteiger charge is 2.40. The fourth-order valence-electron chi connectivity index (χ4n) is 6.90. The Kier molecular flexibility index (Phi) is 8.67. The van der Waals surface area contributed by atoms with Gasteiger partial charge < -0.3 is 14.6 Å². The Morgan fingerprint density at radius 2 is 1.71 bits per heavy atom. The summed E-state index contributed by atoms with van der Waals surface area (Å²) < 4.78 is 14.6. The zero-order valence-corrected chi connectivity index (χ0v) is 29.0. The van der Waals surface area contributed by atoms with Crippen molar-refractivity contribution in [3.8, 4) is 10.4 Å². The molecule has 9 heteroatoms. The smallest absolute Gasteiger partial charge is 0.338 e. The zero-order valence-electron chi connectivity index (χ0n) is 28.2. The van der Waals surface area contributed by atoms with Gasteiger partial charge in [-0.3, -0.25) is 4.57 Å². The van der Waals surface area contributed by atoms with Crippen molar-refractivity contribution in [2.45, 2.75) is 51.5 Å². The molecule has 51 heavy (non-hydrogen) atoms. The second kappa shape index (κ2) is 13.6. The maximum atomic E-state index is 13.3. The van der Waals surface area contributed by atoms with Crippen LogP contribution in [0.1, 0.15) is 60.5 Å². The van der Waals surface area contributed by atoms with Gasteiger partial charge in [0.05, 0.1) is 17.5 Å². The highest BCUT2D eigenvalue weighted by molar-refractivity contribution is 7.15. The Balaban J connectivity index is 1.07. The van der Waals surface area contributed by atoms with E-state index in [1.165, 1.54) is 21.2 Å². The summed E-state index contributed by atoms with van der Waals surface area (Å²) in [5.41, 5.74) is 6.90. The molecule has 1 N–H and O–H groups in total. The summed E-state index contributed by atoms with van der Waals surface area (Å²) in [7, 11) is 0. The minimum absolute atomic E-state index is 0.201. The van der Waals surface area contributed by atoms with E-state index in [0.29, 0.717) is 23.2 Å². The summed E-state index contributed by atoms with van der Waals surface area (Å²) in [5, 5.41) is 12.4. The third-order valence-corrected chi connectivity index (χ3v) is 10.6. The van der Waals surface area contributed by atoms with E-state index in [0.717, 1.165) is 33.5 Å². The first-order valence-corrected chi connectivity index (χ1v) is 17.7. The number of thiophene rings is 1. The molecule has 1 aliphatic heterocycles. The number of aromatic nitrogens is 3. The number of benzene rings is 4. The van der Waals surface area contributed by atoms with Gasteiger partial charge in [0.25, 0.3) is 0 Å². The molecule has 0 aliphatic carbocycles. The number of carbonyl (C=O) groups excluding carboxylic acids is 1. The number of esters is 1. The molecule has 8 nitrogen and oxygen atoms in total. The highest BCUT2D eigenvalue weighted by Crippen LogP contribution is 2.38. The van der Waals surface area contributed by atoms with Crippen molar-refractivity contribution in [1.29, 1.82) is 0 Å². The largest absolute Gasteiger partial charge is 0.478 e. The van der Waals surface area contributed by atoms with Crippen LogP contribution < -0.4 is 0 Å². The summed E-state index contributed by atoms with van der Waals surface area (Å²) in [5.74, 6) is -1.47. The van der Waals surface area contributed by atoms with Gasteiger partial charge in [0.2, 0.25) is 0 Å². The quantitative estimate of drug-likeness (QED) is 0.151. The molecular formula is C42H35N3O5S. The number of hydrogen-bond donors (Lipinski definition) is 1. The van der Waals surface area contributed by atoms with Crippen LogP contribution in [0, 0.1) is 13.8 Å². The van der Waals surface area contributed by atoms with E-state index in [4.69, 9.17) is 19.4 Å². The van der Waals surface area contributed by atoms with Gasteiger partial charge in [-0.05, 0) is 72.1 Å². The molecule has 1 saturated heterocycles. The minimum atomic E-state index is -1.01. The highest BCUT2D eigenvalue weighted by atomic mass is 32.1. The number of nitrogens with zero attached hydrogens (tertiary/aromatic N) is 3. The number of fused-ring (bicyclic) bond motifs is 2. The number of imidazole rings is 1. The summed E-state index contributed by atoms with van der Waals surface area (Å²) in [6.45, 7) is 3.88. The number of hydrogen-bond acceptors (Lipinski definition) is 7. The Bertz CT molecular complexity index is 2410. The molecule has 0 saturated carbocycles. The lowest BCUT2D eigenvalue weighted by Gasteiger charge is -2.20. The first-order valence-electron chi connectivity index (χ1n) is 16.9. The molecule has 2 unspecified atom stereocenters. The molecule has 4 aromatic carbocycles. The van der Waals surface area contributed by atoms with Crippen LogP contribution in [0.3, 0.4) is 0 Å². The monoisotopic (exact) mass is 693 g/mol. The van der Waals surface area contributed by atoms with Crippen LogP contribution in [-0.4, -0.2) is 43.8 Å². The molecular weight excluding hydrogens is 659 g/mol. The number of pyridine rings is 1. The maximum Gasteiger partial charge on any atom is 0.338 e. The predicted octanol–water partition coefficient (Wildman–Crippen LogP) is 8.97. The molecule has 0 spiro atoms. The maximum absolute atomic E-state index is 13.3. The third kappa shape index (κ3) is 6.66. The number of carbonyl (C=O) groups is 2. The zero-order chi connectivity index (χ0) is 35.1. The van der Waals surface area contributed by atoms with Crippen LogP contribution in [0.15, 0.2) is 116 Å². The van der Waals surface area contributed by atoms with Crippen molar-refractivity contribution in [2.75, 3.05) is 0 Å². The number of carboxylic acids is 1. The molecule has 1 aliphatic rings.